The van der Waals surface area contributed by atoms with E-state index in [1.807, 2.05) is 7.05 Å². The second-order valence-electron chi connectivity index (χ2n) is 2.70. The fraction of sp³-hybridized carbons (Fsp3) is 0.625. The summed E-state index contributed by atoms with van der Waals surface area (Å²) in [5.74, 6) is 0. The Bertz CT molecular complexity index is 165. The summed E-state index contributed by atoms with van der Waals surface area (Å²) in [7, 11) is 1.84. The molecular formula is C8H14N2S. The minimum Gasteiger partial charge on any atom is -0.366 e. The van der Waals surface area contributed by atoms with Crippen molar-refractivity contribution in [2.24, 2.45) is 0 Å². The van der Waals surface area contributed by atoms with Gasteiger partial charge in [-0.25, -0.2) is 0 Å². The topological polar surface area (TPSA) is 24.1 Å². The number of nitrogens with one attached hydrogen (secondary N) is 2. The molecular weight excluding hydrogens is 156 g/mol. The van der Waals surface area contributed by atoms with Gasteiger partial charge in [-0.2, -0.15) is 0 Å². The zero-order valence-electron chi connectivity index (χ0n) is 6.76. The second kappa shape index (κ2) is 4.34. The molecule has 0 heterocycles. The van der Waals surface area contributed by atoms with E-state index in [1.165, 1.54) is 12.8 Å². The first-order chi connectivity index (χ1) is 5.33. The van der Waals surface area contributed by atoms with E-state index in [0.29, 0.717) is 6.04 Å². The van der Waals surface area contributed by atoms with Crippen molar-refractivity contribution in [2.45, 2.75) is 25.3 Å². The lowest BCUT2D eigenvalue weighted by atomic mass is 10.0. The van der Waals surface area contributed by atoms with Crippen molar-refractivity contribution >= 4 is 17.3 Å². The summed E-state index contributed by atoms with van der Waals surface area (Å²) in [5.41, 5.74) is 0. The highest BCUT2D eigenvalue weighted by molar-refractivity contribution is 7.80. The maximum Gasteiger partial charge on any atom is 0.166 e. The predicted octanol–water partition coefficient (Wildman–Crippen LogP) is 1.19. The molecule has 0 saturated heterocycles. The van der Waals surface area contributed by atoms with Crippen LogP contribution in [0.5, 0.6) is 0 Å². The fourth-order valence-corrected chi connectivity index (χ4v) is 1.35. The first kappa shape index (κ1) is 8.53. The van der Waals surface area contributed by atoms with E-state index >= 15 is 0 Å². The Labute approximate surface area is 73.1 Å². The van der Waals surface area contributed by atoms with Crippen molar-refractivity contribution in [3.63, 3.8) is 0 Å². The number of rotatable bonds is 1. The van der Waals surface area contributed by atoms with Crippen molar-refractivity contribution in [1.29, 1.82) is 0 Å². The first-order valence-corrected chi connectivity index (χ1v) is 4.37. The summed E-state index contributed by atoms with van der Waals surface area (Å²) in [6.45, 7) is 0. The molecule has 0 aromatic carbocycles. The quantitative estimate of drug-likeness (QED) is 0.456. The molecule has 0 spiro atoms. The standard InChI is InChI=1S/C8H14N2S/c1-9-8(11)10-7-5-3-2-4-6-7/h2-3,7H,4-6H2,1H3,(H2,9,10,11). The summed E-state index contributed by atoms with van der Waals surface area (Å²) in [5, 5.41) is 6.90. The third-order valence-corrected chi connectivity index (χ3v) is 2.15. The van der Waals surface area contributed by atoms with Crippen molar-refractivity contribution in [1.82, 2.24) is 10.6 Å². The van der Waals surface area contributed by atoms with E-state index in [0.717, 1.165) is 11.5 Å². The van der Waals surface area contributed by atoms with Crippen LogP contribution < -0.4 is 10.6 Å². The van der Waals surface area contributed by atoms with Gasteiger partial charge >= 0.3 is 0 Å². The fourth-order valence-electron chi connectivity index (χ4n) is 1.18. The Kier molecular flexibility index (Phi) is 3.36. The summed E-state index contributed by atoms with van der Waals surface area (Å²) < 4.78 is 0. The van der Waals surface area contributed by atoms with E-state index in [4.69, 9.17) is 12.2 Å². The highest BCUT2D eigenvalue weighted by Gasteiger charge is 2.08. The van der Waals surface area contributed by atoms with Crippen LogP contribution in [0.25, 0.3) is 0 Å². The smallest absolute Gasteiger partial charge is 0.166 e. The average molecular weight is 170 g/mol. The first-order valence-electron chi connectivity index (χ1n) is 3.96. The Balaban J connectivity index is 2.26. The molecule has 0 bridgehead atoms. The van der Waals surface area contributed by atoms with Gasteiger partial charge in [-0.1, -0.05) is 12.2 Å². The van der Waals surface area contributed by atoms with Crippen LogP contribution in [0.4, 0.5) is 0 Å². The summed E-state index contributed by atoms with van der Waals surface area (Å²) in [6, 6.07) is 0.542. The van der Waals surface area contributed by atoms with Crippen LogP contribution in [-0.2, 0) is 0 Å². The maximum absolute atomic E-state index is 4.99. The molecule has 11 heavy (non-hydrogen) atoms. The average Bonchev–Trinajstić information content (AvgIpc) is 2.06. The third kappa shape index (κ3) is 2.89. The van der Waals surface area contributed by atoms with E-state index in [2.05, 4.69) is 22.8 Å². The van der Waals surface area contributed by atoms with Crippen molar-refractivity contribution in [3.8, 4) is 0 Å². The van der Waals surface area contributed by atoms with Gasteiger partial charge in [0.2, 0.25) is 0 Å². The zero-order valence-corrected chi connectivity index (χ0v) is 7.58. The van der Waals surface area contributed by atoms with E-state index in [9.17, 15) is 0 Å². The Morgan fingerprint density at radius 3 is 2.91 bits per heavy atom. The molecule has 0 amide bonds. The van der Waals surface area contributed by atoms with Crippen molar-refractivity contribution in [2.75, 3.05) is 7.05 Å². The summed E-state index contributed by atoms with van der Waals surface area (Å²) in [6.07, 6.45) is 7.89. The maximum atomic E-state index is 4.99. The highest BCUT2D eigenvalue weighted by Crippen LogP contribution is 2.09. The molecule has 0 aromatic rings. The van der Waals surface area contributed by atoms with Crippen LogP contribution >= 0.6 is 12.2 Å². The van der Waals surface area contributed by atoms with Crippen molar-refractivity contribution < 1.29 is 0 Å². The number of hydrogen-bond acceptors (Lipinski definition) is 1. The van der Waals surface area contributed by atoms with Gasteiger partial charge in [0.05, 0.1) is 0 Å². The molecule has 1 atom stereocenters. The number of thiocarbonyl (C=S) groups is 1. The normalized spacial score (nSPS) is 22.8. The summed E-state index contributed by atoms with van der Waals surface area (Å²) >= 11 is 4.99. The molecule has 0 saturated carbocycles. The van der Waals surface area contributed by atoms with Gasteiger partial charge in [0.25, 0.3) is 0 Å². The predicted molar refractivity (Wildman–Crippen MR) is 51.6 cm³/mol. The van der Waals surface area contributed by atoms with Gasteiger partial charge in [-0.15, -0.1) is 0 Å². The molecule has 0 aromatic heterocycles. The SMILES string of the molecule is CNC(=S)NC1CC=CCC1. The van der Waals surface area contributed by atoms with Crippen LogP contribution in [0.2, 0.25) is 0 Å². The summed E-state index contributed by atoms with van der Waals surface area (Å²) in [4.78, 5) is 0. The monoisotopic (exact) mass is 170 g/mol. The minimum atomic E-state index is 0.542. The number of hydrogen-bond donors (Lipinski definition) is 2. The van der Waals surface area contributed by atoms with Crippen LogP contribution in [0.3, 0.4) is 0 Å². The Morgan fingerprint density at radius 2 is 2.36 bits per heavy atom. The molecule has 1 aliphatic rings. The molecule has 1 aliphatic carbocycles. The number of allylic oxidation sites excluding steroid dienone is 1. The van der Waals surface area contributed by atoms with Gasteiger partial charge in [0.15, 0.2) is 5.11 Å². The molecule has 2 N–H and O–H groups in total. The van der Waals surface area contributed by atoms with Gasteiger partial charge in [-0.3, -0.25) is 0 Å². The van der Waals surface area contributed by atoms with Gasteiger partial charge < -0.3 is 10.6 Å². The van der Waals surface area contributed by atoms with Crippen LogP contribution in [-0.4, -0.2) is 18.2 Å². The lowest BCUT2D eigenvalue weighted by molar-refractivity contribution is 0.551. The molecule has 62 valence electrons. The van der Waals surface area contributed by atoms with Crippen LogP contribution in [0.15, 0.2) is 12.2 Å². The minimum absolute atomic E-state index is 0.542. The molecule has 1 unspecified atom stereocenters. The van der Waals surface area contributed by atoms with Gasteiger partial charge in [0, 0.05) is 13.1 Å². The van der Waals surface area contributed by atoms with Crippen LogP contribution in [0.1, 0.15) is 19.3 Å². The molecule has 0 aliphatic heterocycles. The van der Waals surface area contributed by atoms with Gasteiger partial charge in [-0.05, 0) is 31.5 Å². The lowest BCUT2D eigenvalue weighted by Gasteiger charge is -2.20. The van der Waals surface area contributed by atoms with E-state index < -0.39 is 0 Å². The van der Waals surface area contributed by atoms with Crippen LogP contribution in [0, 0.1) is 0 Å². The molecule has 0 fully saturated rings. The largest absolute Gasteiger partial charge is 0.366 e. The Morgan fingerprint density at radius 1 is 1.55 bits per heavy atom. The van der Waals surface area contributed by atoms with E-state index in [1.54, 1.807) is 0 Å². The molecule has 2 nitrogen and oxygen atoms in total. The second-order valence-corrected chi connectivity index (χ2v) is 3.11. The lowest BCUT2D eigenvalue weighted by Crippen LogP contribution is -2.40. The Hall–Kier alpha value is -0.570. The molecule has 1 rings (SSSR count). The van der Waals surface area contributed by atoms with Gasteiger partial charge in [0.1, 0.15) is 0 Å². The molecule has 3 heteroatoms. The zero-order chi connectivity index (χ0) is 8.10. The van der Waals surface area contributed by atoms with Crippen molar-refractivity contribution in [3.05, 3.63) is 12.2 Å². The highest BCUT2D eigenvalue weighted by atomic mass is 32.1. The van der Waals surface area contributed by atoms with E-state index in [-0.39, 0.29) is 0 Å². The molecule has 0 radical (unpaired) electrons. The third-order valence-electron chi connectivity index (χ3n) is 1.83.